The molecule has 3 aromatic carbocycles. The highest BCUT2D eigenvalue weighted by Gasteiger charge is 2.40. The van der Waals surface area contributed by atoms with Crippen molar-refractivity contribution >= 4 is 34.0 Å². The molecular formula is C38H40F2N6O6. The lowest BCUT2D eigenvalue weighted by Crippen LogP contribution is -2.40. The number of hydrogen-bond acceptors (Lipinski definition) is 7. The van der Waals surface area contributed by atoms with E-state index in [1.807, 2.05) is 58.0 Å². The lowest BCUT2D eigenvalue weighted by molar-refractivity contribution is -0.137. The number of nitrogens with one attached hydrogen (secondary N) is 2. The van der Waals surface area contributed by atoms with Crippen LogP contribution in [0.15, 0.2) is 48.7 Å². The number of likely N-dealkylation sites (tertiary alicyclic amines) is 2. The number of aromatic amines is 2. The largest absolute Gasteiger partial charge is 0.488 e. The van der Waals surface area contributed by atoms with Crippen LogP contribution in [0.3, 0.4) is 0 Å². The van der Waals surface area contributed by atoms with Gasteiger partial charge in [0, 0.05) is 29.5 Å². The second kappa shape index (κ2) is 12.8. The van der Waals surface area contributed by atoms with Crippen LogP contribution in [0.25, 0.3) is 44.2 Å². The van der Waals surface area contributed by atoms with E-state index >= 15 is 0 Å². The Labute approximate surface area is 298 Å². The van der Waals surface area contributed by atoms with Crippen LogP contribution >= 0.6 is 0 Å². The molecule has 5 aromatic rings. The number of nitrogens with zero attached hydrogens (tertiary/aromatic N) is 4. The van der Waals surface area contributed by atoms with Crippen molar-refractivity contribution in [3.63, 3.8) is 0 Å². The number of rotatable bonds is 6. The van der Waals surface area contributed by atoms with E-state index < -0.39 is 24.3 Å². The first kappa shape index (κ1) is 33.9. The Balaban J connectivity index is 1.06. The van der Waals surface area contributed by atoms with Gasteiger partial charge in [-0.2, -0.15) is 8.78 Å². The fourth-order valence-electron chi connectivity index (χ4n) is 7.88. The smallest absolute Gasteiger partial charge is 0.411 e. The summed E-state index contributed by atoms with van der Waals surface area (Å²) in [4.78, 5) is 44.4. The van der Waals surface area contributed by atoms with Crippen LogP contribution < -0.4 is 4.74 Å². The molecule has 3 aliphatic heterocycles. The Kier molecular flexibility index (Phi) is 8.31. The Morgan fingerprint density at radius 3 is 2.65 bits per heavy atom. The molecular weight excluding hydrogens is 674 g/mol. The molecule has 2 amide bonds. The number of H-pyrrole nitrogens is 2. The van der Waals surface area contributed by atoms with Crippen molar-refractivity contribution in [3.05, 3.63) is 65.9 Å². The van der Waals surface area contributed by atoms with Crippen molar-refractivity contribution in [3.8, 4) is 28.1 Å². The highest BCUT2D eigenvalue weighted by molar-refractivity contribution is 6.07. The normalized spacial score (nSPS) is 21.5. The Morgan fingerprint density at radius 1 is 1.06 bits per heavy atom. The van der Waals surface area contributed by atoms with E-state index in [1.54, 1.807) is 11.1 Å². The zero-order valence-corrected chi connectivity index (χ0v) is 29.3. The third-order valence-electron chi connectivity index (χ3n) is 10.3. The van der Waals surface area contributed by atoms with Gasteiger partial charge in [0.1, 0.15) is 29.6 Å². The molecule has 0 aliphatic carbocycles. The van der Waals surface area contributed by atoms with Gasteiger partial charge in [0.15, 0.2) is 0 Å². The second-order valence-corrected chi connectivity index (χ2v) is 15.0. The summed E-state index contributed by atoms with van der Waals surface area (Å²) in [5.74, 6) is 1.58. The number of carbonyl (C=O) groups is 2. The summed E-state index contributed by atoms with van der Waals surface area (Å²) in [7, 11) is 0. The summed E-state index contributed by atoms with van der Waals surface area (Å²) < 4.78 is 41.8. The molecule has 0 saturated carbocycles. The Morgan fingerprint density at radius 2 is 1.88 bits per heavy atom. The van der Waals surface area contributed by atoms with Crippen molar-refractivity contribution < 1.29 is 37.7 Å². The quantitative estimate of drug-likeness (QED) is 0.159. The lowest BCUT2D eigenvalue weighted by atomic mass is 9.92. The van der Waals surface area contributed by atoms with Crippen LogP contribution in [-0.4, -0.2) is 78.4 Å². The maximum absolute atomic E-state index is 13.2. The minimum atomic E-state index is -2.91. The SMILES string of the molecule is C[C@H]1CC[C@@H](c2nc3c(ccc4cc5c(cc43)OCc3cc(-c4cnc([C@@H]6C[C@H](COC(F)F)CN6C(=O)O)[nH]4)ccc3-5)[nH]2)N1C(=O)OC(C)(C)C. The number of amides is 2. The predicted molar refractivity (Wildman–Crippen MR) is 188 cm³/mol. The summed E-state index contributed by atoms with van der Waals surface area (Å²) in [6, 6.07) is 13.5. The van der Waals surface area contributed by atoms with Gasteiger partial charge in [0.05, 0.1) is 41.6 Å². The molecule has 5 heterocycles. The molecule has 3 N–H and O–H groups in total. The van der Waals surface area contributed by atoms with Crippen LogP contribution in [0.4, 0.5) is 18.4 Å². The predicted octanol–water partition coefficient (Wildman–Crippen LogP) is 8.41. The molecule has 272 valence electrons. The number of fused-ring (bicyclic) bond motifs is 6. The number of carboxylic acid groups (broad SMARTS) is 1. The zero-order valence-electron chi connectivity index (χ0n) is 29.3. The van der Waals surface area contributed by atoms with Gasteiger partial charge in [-0.05, 0) is 93.3 Å². The molecule has 2 aromatic heterocycles. The van der Waals surface area contributed by atoms with Crippen LogP contribution in [0, 0.1) is 5.92 Å². The van der Waals surface area contributed by atoms with Gasteiger partial charge < -0.3 is 29.3 Å². The van der Waals surface area contributed by atoms with E-state index in [1.165, 1.54) is 4.90 Å². The molecule has 2 fully saturated rings. The standard InChI is InChI=1S/C38H40F2N6O6/c1-19-5-10-29(46(19)37(49)52-38(2,3)4)34-42-27-9-7-21-13-26-24-8-6-22(12-23(24)18-50-31(26)14-25(21)32(27)44-34)28-15-41-33(43-28)30-11-20(17-51-35(39)40)16-45(30)36(47)48/h6-9,12-15,19-20,29-30,35H,5,10-11,16-18H2,1-4H3,(H,41,43)(H,42,44)(H,47,48)/t19-,20-,29-,30-/m0/s1. The second-order valence-electron chi connectivity index (χ2n) is 15.0. The molecule has 4 atom stereocenters. The molecule has 0 unspecified atom stereocenters. The van der Waals surface area contributed by atoms with E-state index in [-0.39, 0.29) is 37.2 Å². The average Bonchev–Trinajstić information content (AvgIpc) is 3.90. The fraction of sp³-hybridized carbons (Fsp3) is 0.421. The van der Waals surface area contributed by atoms with Crippen LogP contribution in [0.1, 0.15) is 76.3 Å². The van der Waals surface area contributed by atoms with Gasteiger partial charge in [-0.1, -0.05) is 18.2 Å². The molecule has 0 bridgehead atoms. The third-order valence-corrected chi connectivity index (χ3v) is 10.3. The highest BCUT2D eigenvalue weighted by Crippen LogP contribution is 2.44. The van der Waals surface area contributed by atoms with Crippen LogP contribution in [0.2, 0.25) is 0 Å². The maximum atomic E-state index is 13.2. The van der Waals surface area contributed by atoms with Crippen molar-refractivity contribution in [2.45, 2.75) is 83.9 Å². The number of carbonyl (C=O) groups excluding carboxylic acids is 1. The molecule has 52 heavy (non-hydrogen) atoms. The van der Waals surface area contributed by atoms with E-state index in [0.717, 1.165) is 68.5 Å². The molecule has 2 saturated heterocycles. The Bertz CT molecular complexity index is 2190. The van der Waals surface area contributed by atoms with Crippen molar-refractivity contribution in [2.24, 2.45) is 5.92 Å². The van der Waals surface area contributed by atoms with Crippen molar-refractivity contribution in [2.75, 3.05) is 13.2 Å². The minimum Gasteiger partial charge on any atom is -0.488 e. The van der Waals surface area contributed by atoms with Gasteiger partial charge in [-0.15, -0.1) is 0 Å². The van der Waals surface area contributed by atoms with Gasteiger partial charge in [-0.25, -0.2) is 19.6 Å². The molecule has 12 nitrogen and oxygen atoms in total. The summed E-state index contributed by atoms with van der Waals surface area (Å²) in [5.41, 5.74) is 5.65. The number of ether oxygens (including phenoxy) is 3. The van der Waals surface area contributed by atoms with Gasteiger partial charge in [0.2, 0.25) is 0 Å². The van der Waals surface area contributed by atoms with Crippen LogP contribution in [0.5, 0.6) is 5.75 Å². The van der Waals surface area contributed by atoms with E-state index in [4.69, 9.17) is 14.5 Å². The van der Waals surface area contributed by atoms with E-state index in [0.29, 0.717) is 24.5 Å². The van der Waals surface area contributed by atoms with E-state index in [9.17, 15) is 23.5 Å². The topological polar surface area (TPSA) is 146 Å². The number of benzene rings is 3. The number of imidazole rings is 2. The zero-order chi connectivity index (χ0) is 36.5. The summed E-state index contributed by atoms with van der Waals surface area (Å²) in [6.45, 7) is 4.95. The summed E-state index contributed by atoms with van der Waals surface area (Å²) >= 11 is 0. The number of halogens is 2. The minimum absolute atomic E-state index is 0.0333. The molecule has 8 rings (SSSR count). The van der Waals surface area contributed by atoms with Gasteiger partial charge >= 0.3 is 18.8 Å². The summed E-state index contributed by atoms with van der Waals surface area (Å²) in [5, 5.41) is 11.7. The van der Waals surface area contributed by atoms with Crippen molar-refractivity contribution in [1.82, 2.24) is 29.7 Å². The summed E-state index contributed by atoms with van der Waals surface area (Å²) in [6.07, 6.45) is 2.16. The number of aromatic nitrogens is 4. The first-order valence-corrected chi connectivity index (χ1v) is 17.5. The molecule has 0 spiro atoms. The molecule has 0 radical (unpaired) electrons. The van der Waals surface area contributed by atoms with Gasteiger partial charge in [0.25, 0.3) is 0 Å². The Hall–Kier alpha value is -5.24. The highest BCUT2D eigenvalue weighted by atomic mass is 19.3. The molecule has 3 aliphatic rings. The third kappa shape index (κ3) is 6.18. The number of alkyl halides is 2. The number of hydrogen-bond donors (Lipinski definition) is 3. The molecule has 14 heteroatoms. The lowest BCUT2D eigenvalue weighted by Gasteiger charge is -2.30. The first-order chi connectivity index (χ1) is 24.8. The maximum Gasteiger partial charge on any atom is 0.411 e. The van der Waals surface area contributed by atoms with Gasteiger partial charge in [-0.3, -0.25) is 9.80 Å². The average molecular weight is 715 g/mol. The van der Waals surface area contributed by atoms with E-state index in [2.05, 4.69) is 31.8 Å². The first-order valence-electron chi connectivity index (χ1n) is 17.5. The van der Waals surface area contributed by atoms with Crippen LogP contribution in [-0.2, 0) is 16.1 Å². The monoisotopic (exact) mass is 714 g/mol. The fourth-order valence-corrected chi connectivity index (χ4v) is 7.88. The van der Waals surface area contributed by atoms with Crippen molar-refractivity contribution in [1.29, 1.82) is 0 Å².